The summed E-state index contributed by atoms with van der Waals surface area (Å²) in [6.45, 7) is 1.84. The molecule has 108 valence electrons. The van der Waals surface area contributed by atoms with E-state index in [4.69, 9.17) is 35.4 Å². The fourth-order valence-corrected chi connectivity index (χ4v) is 2.24. The van der Waals surface area contributed by atoms with Gasteiger partial charge in [0.05, 0.1) is 11.4 Å². The van der Waals surface area contributed by atoms with Gasteiger partial charge in [-0.3, -0.25) is 10.4 Å². The van der Waals surface area contributed by atoms with E-state index in [2.05, 4.69) is 20.8 Å². The fourth-order valence-electron chi connectivity index (χ4n) is 1.55. The van der Waals surface area contributed by atoms with Crippen LogP contribution >= 0.6 is 35.4 Å². The lowest BCUT2D eigenvalue weighted by atomic mass is 10.3. The van der Waals surface area contributed by atoms with Crippen LogP contribution in [0.3, 0.4) is 0 Å². The average molecular weight is 339 g/mol. The predicted octanol–water partition coefficient (Wildman–Crippen LogP) is 4.10. The van der Waals surface area contributed by atoms with Gasteiger partial charge in [-0.25, -0.2) is 0 Å². The lowest BCUT2D eigenvalue weighted by Crippen LogP contribution is -2.25. The molecule has 0 bridgehead atoms. The maximum Gasteiger partial charge on any atom is 0.191 e. The lowest BCUT2D eigenvalue weighted by Gasteiger charge is -2.08. The summed E-state index contributed by atoms with van der Waals surface area (Å²) in [5.74, 6) is 0. The Hall–Kier alpha value is -1.69. The van der Waals surface area contributed by atoms with Gasteiger partial charge < -0.3 is 5.32 Å². The standard InChI is InChI=1S/C14H12Cl2N4S/c1-9(13-4-2-3-5-17-13)19-20-14(21)18-12-7-10(15)6-11(16)8-12/h2-8H,1H3,(H2,18,20,21)/b19-9+. The Balaban J connectivity index is 1.99. The Morgan fingerprint density at radius 1 is 1.19 bits per heavy atom. The third-order valence-electron chi connectivity index (χ3n) is 2.48. The molecule has 1 heterocycles. The maximum absolute atomic E-state index is 5.92. The van der Waals surface area contributed by atoms with Crippen molar-refractivity contribution >= 4 is 51.9 Å². The molecule has 0 fully saturated rings. The molecule has 0 spiro atoms. The molecule has 1 aromatic carbocycles. The lowest BCUT2D eigenvalue weighted by molar-refractivity contribution is 1.03. The van der Waals surface area contributed by atoms with Gasteiger partial charge in [0.2, 0.25) is 0 Å². The number of thiocarbonyl (C=S) groups is 1. The summed E-state index contributed by atoms with van der Waals surface area (Å²) >= 11 is 17.0. The fraction of sp³-hybridized carbons (Fsp3) is 0.0714. The Labute approximate surface area is 138 Å². The zero-order valence-corrected chi connectivity index (χ0v) is 13.4. The van der Waals surface area contributed by atoms with Crippen molar-refractivity contribution in [1.29, 1.82) is 0 Å². The summed E-state index contributed by atoms with van der Waals surface area (Å²) in [5, 5.41) is 8.52. The monoisotopic (exact) mass is 338 g/mol. The SMILES string of the molecule is C/C(=N\NC(=S)Nc1cc(Cl)cc(Cl)c1)c1ccccn1. The second kappa shape index (κ2) is 7.36. The number of halogens is 2. The van der Waals surface area contributed by atoms with Gasteiger partial charge in [0.25, 0.3) is 0 Å². The first kappa shape index (κ1) is 15.7. The van der Waals surface area contributed by atoms with Gasteiger partial charge in [-0.2, -0.15) is 5.10 Å². The van der Waals surface area contributed by atoms with Gasteiger partial charge in [0, 0.05) is 21.9 Å². The van der Waals surface area contributed by atoms with E-state index in [0.717, 1.165) is 11.4 Å². The Kier molecular flexibility index (Phi) is 5.50. The highest BCUT2D eigenvalue weighted by molar-refractivity contribution is 7.80. The topological polar surface area (TPSA) is 49.3 Å². The normalized spacial score (nSPS) is 11.1. The molecule has 0 aliphatic carbocycles. The zero-order chi connectivity index (χ0) is 15.2. The van der Waals surface area contributed by atoms with Gasteiger partial charge in [0.15, 0.2) is 5.11 Å². The Morgan fingerprint density at radius 3 is 2.52 bits per heavy atom. The molecule has 0 amide bonds. The summed E-state index contributed by atoms with van der Waals surface area (Å²) in [6.07, 6.45) is 1.71. The number of hydrazone groups is 1. The van der Waals surface area contributed by atoms with Crippen LogP contribution in [0.4, 0.5) is 5.69 Å². The van der Waals surface area contributed by atoms with Crippen LogP contribution in [0.25, 0.3) is 0 Å². The average Bonchev–Trinajstić information content (AvgIpc) is 2.44. The van der Waals surface area contributed by atoms with E-state index < -0.39 is 0 Å². The molecule has 0 saturated heterocycles. The number of hydrogen-bond donors (Lipinski definition) is 2. The minimum absolute atomic E-state index is 0.337. The molecule has 1 aromatic heterocycles. The molecule has 2 rings (SSSR count). The predicted molar refractivity (Wildman–Crippen MR) is 92.3 cm³/mol. The molecular weight excluding hydrogens is 327 g/mol. The molecule has 0 unspecified atom stereocenters. The molecule has 0 atom stereocenters. The minimum atomic E-state index is 0.337. The second-order valence-corrected chi connectivity index (χ2v) is 5.42. The zero-order valence-electron chi connectivity index (χ0n) is 11.1. The van der Waals surface area contributed by atoms with Crippen LogP contribution in [0, 0.1) is 0 Å². The third kappa shape index (κ3) is 4.97. The van der Waals surface area contributed by atoms with Crippen molar-refractivity contribution in [1.82, 2.24) is 10.4 Å². The van der Waals surface area contributed by atoms with E-state index in [1.54, 1.807) is 24.4 Å². The molecule has 0 aliphatic heterocycles. The highest BCUT2D eigenvalue weighted by Gasteiger charge is 2.01. The molecule has 21 heavy (non-hydrogen) atoms. The number of aromatic nitrogens is 1. The number of nitrogens with zero attached hydrogens (tertiary/aromatic N) is 2. The van der Waals surface area contributed by atoms with E-state index >= 15 is 0 Å². The first-order valence-electron chi connectivity index (χ1n) is 6.03. The molecule has 2 aromatic rings. The maximum atomic E-state index is 5.92. The molecule has 0 saturated carbocycles. The van der Waals surface area contributed by atoms with Crippen molar-refractivity contribution in [2.45, 2.75) is 6.92 Å². The summed E-state index contributed by atoms with van der Waals surface area (Å²) in [5.41, 5.74) is 4.94. The summed E-state index contributed by atoms with van der Waals surface area (Å²) in [6, 6.07) is 10.7. The summed E-state index contributed by atoms with van der Waals surface area (Å²) < 4.78 is 0. The first-order valence-corrected chi connectivity index (χ1v) is 7.20. The second-order valence-electron chi connectivity index (χ2n) is 4.14. The summed E-state index contributed by atoms with van der Waals surface area (Å²) in [7, 11) is 0. The van der Waals surface area contributed by atoms with E-state index in [1.165, 1.54) is 0 Å². The van der Waals surface area contributed by atoms with E-state index in [1.807, 2.05) is 25.1 Å². The molecule has 7 heteroatoms. The number of benzene rings is 1. The molecular formula is C14H12Cl2N4S. The van der Waals surface area contributed by atoms with Crippen molar-refractivity contribution in [3.63, 3.8) is 0 Å². The number of pyridine rings is 1. The Bertz CT molecular complexity index is 654. The van der Waals surface area contributed by atoms with Crippen molar-refractivity contribution in [3.8, 4) is 0 Å². The third-order valence-corrected chi connectivity index (χ3v) is 3.11. The van der Waals surface area contributed by atoms with Crippen LogP contribution in [0.5, 0.6) is 0 Å². The van der Waals surface area contributed by atoms with Gasteiger partial charge in [0.1, 0.15) is 0 Å². The van der Waals surface area contributed by atoms with Crippen molar-refractivity contribution < 1.29 is 0 Å². The van der Waals surface area contributed by atoms with Crippen LogP contribution in [-0.2, 0) is 0 Å². The van der Waals surface area contributed by atoms with Gasteiger partial charge in [-0.1, -0.05) is 29.3 Å². The van der Waals surface area contributed by atoms with Crippen molar-refractivity contribution in [2.75, 3.05) is 5.32 Å². The van der Waals surface area contributed by atoms with Crippen molar-refractivity contribution in [2.24, 2.45) is 5.10 Å². The van der Waals surface area contributed by atoms with E-state index in [-0.39, 0.29) is 0 Å². The number of nitrogens with one attached hydrogen (secondary N) is 2. The Morgan fingerprint density at radius 2 is 1.90 bits per heavy atom. The van der Waals surface area contributed by atoms with Crippen LogP contribution in [0.15, 0.2) is 47.7 Å². The van der Waals surface area contributed by atoms with E-state index in [9.17, 15) is 0 Å². The molecule has 0 radical (unpaired) electrons. The van der Waals surface area contributed by atoms with Crippen LogP contribution in [-0.4, -0.2) is 15.8 Å². The molecule has 2 N–H and O–H groups in total. The number of anilines is 1. The minimum Gasteiger partial charge on any atom is -0.331 e. The first-order chi connectivity index (χ1) is 10.0. The van der Waals surface area contributed by atoms with Crippen LogP contribution < -0.4 is 10.7 Å². The van der Waals surface area contributed by atoms with Crippen molar-refractivity contribution in [3.05, 3.63) is 58.3 Å². The van der Waals surface area contributed by atoms with Gasteiger partial charge >= 0.3 is 0 Å². The molecule has 0 aliphatic rings. The highest BCUT2D eigenvalue weighted by Crippen LogP contribution is 2.22. The summed E-state index contributed by atoms with van der Waals surface area (Å²) in [4.78, 5) is 4.19. The number of hydrogen-bond acceptors (Lipinski definition) is 3. The number of rotatable bonds is 3. The van der Waals surface area contributed by atoms with Crippen LogP contribution in [0.2, 0.25) is 10.0 Å². The van der Waals surface area contributed by atoms with Gasteiger partial charge in [-0.05, 0) is 49.5 Å². The van der Waals surface area contributed by atoms with Gasteiger partial charge in [-0.15, -0.1) is 0 Å². The smallest absolute Gasteiger partial charge is 0.191 e. The van der Waals surface area contributed by atoms with Crippen LogP contribution in [0.1, 0.15) is 12.6 Å². The molecule has 4 nitrogen and oxygen atoms in total. The van der Waals surface area contributed by atoms with E-state index in [0.29, 0.717) is 20.8 Å². The highest BCUT2D eigenvalue weighted by atomic mass is 35.5. The largest absolute Gasteiger partial charge is 0.331 e. The quantitative estimate of drug-likeness (QED) is 0.502.